The molecular weight excluding hydrogens is 264 g/mol. The minimum atomic E-state index is 0.00643. The number of nitrogens with one attached hydrogen (secondary N) is 1. The molecule has 1 aromatic heterocycles. The molecular formula is C16H28N4O. The third-order valence-corrected chi connectivity index (χ3v) is 4.61. The summed E-state index contributed by atoms with van der Waals surface area (Å²) in [5.74, 6) is 1.76. The number of anilines is 2. The van der Waals surface area contributed by atoms with E-state index in [4.69, 9.17) is 10.5 Å². The fourth-order valence-corrected chi connectivity index (χ4v) is 3.18. The van der Waals surface area contributed by atoms with E-state index in [0.29, 0.717) is 17.8 Å². The first-order valence-corrected chi connectivity index (χ1v) is 8.02. The number of hydrogen-bond donors (Lipinski definition) is 2. The van der Waals surface area contributed by atoms with Crippen LogP contribution in [0.4, 0.5) is 11.6 Å². The van der Waals surface area contributed by atoms with Crippen molar-refractivity contribution in [2.45, 2.75) is 70.9 Å². The average molecular weight is 292 g/mol. The molecule has 1 aromatic rings. The van der Waals surface area contributed by atoms with E-state index < -0.39 is 0 Å². The van der Waals surface area contributed by atoms with Gasteiger partial charge in [-0.15, -0.1) is 0 Å². The summed E-state index contributed by atoms with van der Waals surface area (Å²) in [6, 6.07) is 0.380. The van der Waals surface area contributed by atoms with E-state index in [1.54, 1.807) is 0 Å². The zero-order valence-corrected chi connectivity index (χ0v) is 13.6. The number of rotatable bonds is 5. The minimum absolute atomic E-state index is 0.00643. The van der Waals surface area contributed by atoms with Gasteiger partial charge in [0.1, 0.15) is 18.0 Å². The number of aromatic nitrogens is 2. The van der Waals surface area contributed by atoms with E-state index in [1.165, 1.54) is 6.33 Å². The Morgan fingerprint density at radius 2 is 2.10 bits per heavy atom. The maximum absolute atomic E-state index is 6.04. The third-order valence-electron chi connectivity index (χ3n) is 4.61. The second kappa shape index (κ2) is 6.60. The zero-order chi connectivity index (χ0) is 15.5. The molecule has 0 radical (unpaired) electrons. The van der Waals surface area contributed by atoms with E-state index in [-0.39, 0.29) is 5.60 Å². The van der Waals surface area contributed by atoms with Gasteiger partial charge in [-0.25, -0.2) is 9.97 Å². The molecule has 3 N–H and O–H groups in total. The minimum Gasteiger partial charge on any atom is -0.383 e. The van der Waals surface area contributed by atoms with Crippen LogP contribution in [-0.2, 0) is 4.74 Å². The highest BCUT2D eigenvalue weighted by molar-refractivity contribution is 5.57. The lowest BCUT2D eigenvalue weighted by molar-refractivity contribution is -0.0864. The molecule has 21 heavy (non-hydrogen) atoms. The summed E-state index contributed by atoms with van der Waals surface area (Å²) in [4.78, 5) is 8.53. The van der Waals surface area contributed by atoms with Crippen molar-refractivity contribution in [2.75, 3.05) is 17.7 Å². The van der Waals surface area contributed by atoms with Crippen LogP contribution in [0.5, 0.6) is 0 Å². The van der Waals surface area contributed by atoms with Gasteiger partial charge in [-0.1, -0.05) is 27.7 Å². The van der Waals surface area contributed by atoms with Crippen LogP contribution in [-0.4, -0.2) is 28.2 Å². The summed E-state index contributed by atoms with van der Waals surface area (Å²) in [5.41, 5.74) is 7.04. The van der Waals surface area contributed by atoms with Crippen LogP contribution < -0.4 is 11.1 Å². The maximum atomic E-state index is 6.04. The molecule has 1 fully saturated rings. The van der Waals surface area contributed by atoms with Crippen molar-refractivity contribution in [2.24, 2.45) is 0 Å². The second-order valence-electron chi connectivity index (χ2n) is 6.25. The van der Waals surface area contributed by atoms with Gasteiger partial charge in [0.15, 0.2) is 0 Å². The van der Waals surface area contributed by atoms with Crippen molar-refractivity contribution in [3.8, 4) is 0 Å². The molecule has 0 amide bonds. The molecule has 0 spiro atoms. The molecule has 5 nitrogen and oxygen atoms in total. The molecule has 0 aromatic carbocycles. The summed E-state index contributed by atoms with van der Waals surface area (Å²) in [6.45, 7) is 9.44. The highest BCUT2D eigenvalue weighted by Gasteiger charge is 2.34. The normalized spacial score (nSPS) is 21.5. The number of nitrogen functional groups attached to an aromatic ring is 1. The van der Waals surface area contributed by atoms with Gasteiger partial charge in [0.05, 0.1) is 5.60 Å². The van der Waals surface area contributed by atoms with E-state index >= 15 is 0 Å². The fourth-order valence-electron chi connectivity index (χ4n) is 3.18. The third kappa shape index (κ3) is 3.46. The van der Waals surface area contributed by atoms with Crippen LogP contribution in [0.1, 0.15) is 64.9 Å². The quantitative estimate of drug-likeness (QED) is 0.871. The molecule has 0 aliphatic carbocycles. The Kier molecular flexibility index (Phi) is 5.04. The largest absolute Gasteiger partial charge is 0.383 e. The van der Waals surface area contributed by atoms with E-state index in [0.717, 1.165) is 43.7 Å². The number of nitrogens with zero attached hydrogens (tertiary/aromatic N) is 2. The topological polar surface area (TPSA) is 73.1 Å². The first-order chi connectivity index (χ1) is 10.0. The standard InChI is InChI=1S/C16H28N4O/c1-5-16(6-2)9-12(7-8-21-16)20-15-13(11(3)4)14(17)18-10-19-15/h10-12H,5-9H2,1-4H3,(H3,17,18,19,20). The fraction of sp³-hybridized carbons (Fsp3) is 0.750. The van der Waals surface area contributed by atoms with Crippen molar-refractivity contribution in [1.82, 2.24) is 9.97 Å². The summed E-state index contributed by atoms with van der Waals surface area (Å²) in [6.07, 6.45) is 5.65. The SMILES string of the molecule is CCC1(CC)CC(Nc2ncnc(N)c2C(C)C)CCO1. The van der Waals surface area contributed by atoms with Crippen molar-refractivity contribution in [3.05, 3.63) is 11.9 Å². The van der Waals surface area contributed by atoms with Crippen molar-refractivity contribution >= 4 is 11.6 Å². The monoisotopic (exact) mass is 292 g/mol. The molecule has 2 heterocycles. The van der Waals surface area contributed by atoms with Gasteiger partial charge in [-0.3, -0.25) is 0 Å². The Morgan fingerprint density at radius 3 is 2.71 bits per heavy atom. The number of nitrogens with two attached hydrogens (primary N) is 1. The maximum Gasteiger partial charge on any atom is 0.135 e. The van der Waals surface area contributed by atoms with Crippen LogP contribution in [0.25, 0.3) is 0 Å². The van der Waals surface area contributed by atoms with E-state index in [2.05, 4.69) is 43.0 Å². The zero-order valence-electron chi connectivity index (χ0n) is 13.6. The molecule has 1 aliphatic heterocycles. The van der Waals surface area contributed by atoms with Gasteiger partial charge < -0.3 is 15.8 Å². The molecule has 118 valence electrons. The van der Waals surface area contributed by atoms with Gasteiger partial charge in [0.2, 0.25) is 0 Å². The van der Waals surface area contributed by atoms with Gasteiger partial charge in [0, 0.05) is 18.2 Å². The summed E-state index contributed by atoms with van der Waals surface area (Å²) < 4.78 is 6.04. The summed E-state index contributed by atoms with van der Waals surface area (Å²) in [5, 5.41) is 3.58. The lowest BCUT2D eigenvalue weighted by Crippen LogP contribution is -2.43. The predicted molar refractivity (Wildman–Crippen MR) is 86.4 cm³/mol. The van der Waals surface area contributed by atoms with Crippen molar-refractivity contribution in [1.29, 1.82) is 0 Å². The Hall–Kier alpha value is -1.36. The predicted octanol–water partition coefficient (Wildman–Crippen LogP) is 3.33. The van der Waals surface area contributed by atoms with Gasteiger partial charge in [-0.05, 0) is 31.6 Å². The van der Waals surface area contributed by atoms with Crippen molar-refractivity contribution < 1.29 is 4.74 Å². The molecule has 1 atom stereocenters. The van der Waals surface area contributed by atoms with Crippen LogP contribution in [0.15, 0.2) is 6.33 Å². The van der Waals surface area contributed by atoms with Crippen LogP contribution in [0.3, 0.4) is 0 Å². The Labute approximate surface area is 127 Å². The molecule has 0 bridgehead atoms. The average Bonchev–Trinajstić information content (AvgIpc) is 2.47. The summed E-state index contributed by atoms with van der Waals surface area (Å²) in [7, 11) is 0. The number of hydrogen-bond acceptors (Lipinski definition) is 5. The van der Waals surface area contributed by atoms with E-state index in [1.807, 2.05) is 0 Å². The first kappa shape index (κ1) is 16.0. The lowest BCUT2D eigenvalue weighted by atomic mass is 9.86. The Bertz CT molecular complexity index is 471. The van der Waals surface area contributed by atoms with Gasteiger partial charge in [0.25, 0.3) is 0 Å². The van der Waals surface area contributed by atoms with Gasteiger partial charge >= 0.3 is 0 Å². The highest BCUT2D eigenvalue weighted by Crippen LogP contribution is 2.34. The van der Waals surface area contributed by atoms with Crippen LogP contribution >= 0.6 is 0 Å². The Morgan fingerprint density at radius 1 is 1.38 bits per heavy atom. The van der Waals surface area contributed by atoms with E-state index in [9.17, 15) is 0 Å². The molecule has 1 aliphatic rings. The molecule has 5 heteroatoms. The molecule has 0 saturated carbocycles. The smallest absolute Gasteiger partial charge is 0.135 e. The van der Waals surface area contributed by atoms with Crippen LogP contribution in [0.2, 0.25) is 0 Å². The second-order valence-corrected chi connectivity index (χ2v) is 6.25. The lowest BCUT2D eigenvalue weighted by Gasteiger charge is -2.40. The van der Waals surface area contributed by atoms with Crippen molar-refractivity contribution in [3.63, 3.8) is 0 Å². The summed E-state index contributed by atoms with van der Waals surface area (Å²) >= 11 is 0. The van der Waals surface area contributed by atoms with Crippen LogP contribution in [0, 0.1) is 0 Å². The van der Waals surface area contributed by atoms with Gasteiger partial charge in [-0.2, -0.15) is 0 Å². The number of ether oxygens (including phenoxy) is 1. The molecule has 1 saturated heterocycles. The Balaban J connectivity index is 2.17. The molecule has 1 unspecified atom stereocenters. The highest BCUT2D eigenvalue weighted by atomic mass is 16.5. The first-order valence-electron chi connectivity index (χ1n) is 8.02. The molecule has 2 rings (SSSR count).